The molecular formula is C16H20BrNO. The fraction of sp³-hybridized carbons (Fsp3) is 0.562. The molecule has 2 nitrogen and oxygen atoms in total. The van der Waals surface area contributed by atoms with E-state index in [4.69, 9.17) is 0 Å². The molecule has 1 amide bonds. The Balaban J connectivity index is 1.68. The molecule has 1 aromatic rings. The van der Waals surface area contributed by atoms with Gasteiger partial charge in [0.05, 0.1) is 6.42 Å². The molecule has 102 valence electrons. The second-order valence-corrected chi connectivity index (χ2v) is 6.95. The second kappa shape index (κ2) is 5.66. The second-order valence-electron chi connectivity index (χ2n) is 5.85. The number of carbonyl (C=O) groups is 1. The predicted molar refractivity (Wildman–Crippen MR) is 81.6 cm³/mol. The highest BCUT2D eigenvalue weighted by Gasteiger charge is 2.21. The van der Waals surface area contributed by atoms with Crippen LogP contribution in [-0.4, -0.2) is 5.91 Å². The van der Waals surface area contributed by atoms with Gasteiger partial charge in [-0.15, -0.1) is 0 Å². The molecule has 2 aliphatic rings. The molecule has 1 fully saturated rings. The summed E-state index contributed by atoms with van der Waals surface area (Å²) in [6, 6.07) is 6.38. The summed E-state index contributed by atoms with van der Waals surface area (Å²) in [5, 5.41) is 2.89. The summed E-state index contributed by atoms with van der Waals surface area (Å²) in [4.78, 5) is 11.8. The quantitative estimate of drug-likeness (QED) is 0.811. The van der Waals surface area contributed by atoms with E-state index in [2.05, 4.69) is 33.4 Å². The molecule has 1 N–H and O–H groups in total. The molecule has 19 heavy (non-hydrogen) atoms. The zero-order valence-electron chi connectivity index (χ0n) is 11.1. The van der Waals surface area contributed by atoms with E-state index in [0.29, 0.717) is 11.2 Å². The highest BCUT2D eigenvalue weighted by Crippen LogP contribution is 2.37. The Labute approximate surface area is 123 Å². The first kappa shape index (κ1) is 13.2. The van der Waals surface area contributed by atoms with Crippen LogP contribution in [0.15, 0.2) is 18.2 Å². The van der Waals surface area contributed by atoms with Crippen LogP contribution in [0.25, 0.3) is 0 Å². The third kappa shape index (κ3) is 3.02. The maximum atomic E-state index is 11.4. The van der Waals surface area contributed by atoms with Gasteiger partial charge in [-0.1, -0.05) is 60.2 Å². The number of amides is 1. The number of alkyl halides is 1. The zero-order valence-corrected chi connectivity index (χ0v) is 12.7. The van der Waals surface area contributed by atoms with Crippen molar-refractivity contribution < 1.29 is 4.79 Å². The molecule has 1 heterocycles. The third-order valence-corrected chi connectivity index (χ3v) is 5.28. The van der Waals surface area contributed by atoms with Crippen molar-refractivity contribution in [2.24, 2.45) is 5.92 Å². The molecule has 1 aliphatic heterocycles. The van der Waals surface area contributed by atoms with Crippen molar-refractivity contribution in [2.75, 3.05) is 5.32 Å². The molecule has 3 heteroatoms. The van der Waals surface area contributed by atoms with E-state index in [1.807, 2.05) is 6.07 Å². The van der Waals surface area contributed by atoms with Crippen molar-refractivity contribution in [1.82, 2.24) is 0 Å². The summed E-state index contributed by atoms with van der Waals surface area (Å²) in [7, 11) is 0. The molecule has 0 radical (unpaired) electrons. The normalized spacial score (nSPS) is 21.0. The zero-order chi connectivity index (χ0) is 13.2. The van der Waals surface area contributed by atoms with Gasteiger partial charge in [0.15, 0.2) is 0 Å². The molecule has 0 saturated heterocycles. The van der Waals surface area contributed by atoms with Crippen LogP contribution < -0.4 is 5.32 Å². The average molecular weight is 322 g/mol. The number of benzene rings is 1. The molecule has 1 aromatic carbocycles. The van der Waals surface area contributed by atoms with Crippen LogP contribution in [0, 0.1) is 5.92 Å². The monoisotopic (exact) mass is 321 g/mol. The number of carbonyl (C=O) groups excluding carboxylic acids is 1. The summed E-state index contributed by atoms with van der Waals surface area (Å²) < 4.78 is 0. The van der Waals surface area contributed by atoms with Crippen molar-refractivity contribution in [3.8, 4) is 0 Å². The van der Waals surface area contributed by atoms with Crippen molar-refractivity contribution in [1.29, 1.82) is 0 Å². The standard InChI is InChI=1S/C16H20BrNO/c17-14(8-11-4-2-1-3-5-11)12-6-7-15-13(9-12)10-16(19)18-15/h6-7,9,11,14H,1-5,8,10H2,(H,18,19). The van der Waals surface area contributed by atoms with Gasteiger partial charge in [0, 0.05) is 10.5 Å². The number of hydrogen-bond acceptors (Lipinski definition) is 1. The van der Waals surface area contributed by atoms with Gasteiger partial charge in [-0.3, -0.25) is 4.79 Å². The van der Waals surface area contributed by atoms with Crippen LogP contribution in [0.5, 0.6) is 0 Å². The number of fused-ring (bicyclic) bond motifs is 1. The molecule has 0 bridgehead atoms. The minimum Gasteiger partial charge on any atom is -0.326 e. The minimum absolute atomic E-state index is 0.116. The van der Waals surface area contributed by atoms with E-state index >= 15 is 0 Å². The Morgan fingerprint density at radius 3 is 2.84 bits per heavy atom. The maximum Gasteiger partial charge on any atom is 0.228 e. The van der Waals surface area contributed by atoms with Gasteiger partial charge >= 0.3 is 0 Å². The number of rotatable bonds is 3. The van der Waals surface area contributed by atoms with Crippen LogP contribution in [0.3, 0.4) is 0 Å². The molecule has 1 saturated carbocycles. The number of halogens is 1. The fourth-order valence-electron chi connectivity index (χ4n) is 3.30. The Hall–Kier alpha value is -0.830. The maximum absolute atomic E-state index is 11.4. The Morgan fingerprint density at radius 2 is 2.05 bits per heavy atom. The first-order chi connectivity index (χ1) is 9.22. The van der Waals surface area contributed by atoms with E-state index < -0.39 is 0 Å². The van der Waals surface area contributed by atoms with E-state index in [-0.39, 0.29) is 5.91 Å². The predicted octanol–water partition coefficient (Wildman–Crippen LogP) is 4.59. The topological polar surface area (TPSA) is 29.1 Å². The summed E-state index contributed by atoms with van der Waals surface area (Å²) >= 11 is 3.84. The van der Waals surface area contributed by atoms with Crippen LogP contribution in [0.2, 0.25) is 0 Å². The Bertz CT molecular complexity index is 480. The fourth-order valence-corrected chi connectivity index (χ4v) is 4.11. The van der Waals surface area contributed by atoms with Crippen molar-refractivity contribution >= 4 is 27.5 Å². The molecule has 0 aromatic heterocycles. The lowest BCUT2D eigenvalue weighted by Crippen LogP contribution is -2.08. The third-order valence-electron chi connectivity index (χ3n) is 4.38. The van der Waals surface area contributed by atoms with Crippen LogP contribution in [0.4, 0.5) is 5.69 Å². The highest BCUT2D eigenvalue weighted by atomic mass is 79.9. The van der Waals surface area contributed by atoms with Gasteiger partial charge in [-0.05, 0) is 29.5 Å². The summed E-state index contributed by atoms with van der Waals surface area (Å²) in [5.74, 6) is 0.983. The Morgan fingerprint density at radius 1 is 1.26 bits per heavy atom. The molecule has 1 atom stereocenters. The average Bonchev–Trinajstić information content (AvgIpc) is 2.78. The summed E-state index contributed by atoms with van der Waals surface area (Å²) in [5.41, 5.74) is 3.46. The van der Waals surface area contributed by atoms with Crippen molar-refractivity contribution in [2.45, 2.75) is 49.8 Å². The van der Waals surface area contributed by atoms with Gasteiger partial charge < -0.3 is 5.32 Å². The molecule has 1 aliphatic carbocycles. The van der Waals surface area contributed by atoms with E-state index in [9.17, 15) is 4.79 Å². The van der Waals surface area contributed by atoms with Gasteiger partial charge in [0.1, 0.15) is 0 Å². The molecule has 0 spiro atoms. The molecule has 3 rings (SSSR count). The van der Waals surface area contributed by atoms with Gasteiger partial charge in [-0.2, -0.15) is 0 Å². The van der Waals surface area contributed by atoms with Crippen LogP contribution in [-0.2, 0) is 11.2 Å². The van der Waals surface area contributed by atoms with E-state index in [1.54, 1.807) is 0 Å². The summed E-state index contributed by atoms with van der Waals surface area (Å²) in [6.07, 6.45) is 8.72. The van der Waals surface area contributed by atoms with Crippen molar-refractivity contribution in [3.05, 3.63) is 29.3 Å². The highest BCUT2D eigenvalue weighted by molar-refractivity contribution is 9.09. The number of anilines is 1. The first-order valence-electron chi connectivity index (χ1n) is 7.29. The van der Waals surface area contributed by atoms with Crippen molar-refractivity contribution in [3.63, 3.8) is 0 Å². The van der Waals surface area contributed by atoms with Crippen LogP contribution in [0.1, 0.15) is 54.5 Å². The van der Waals surface area contributed by atoms with Gasteiger partial charge in [0.25, 0.3) is 0 Å². The van der Waals surface area contributed by atoms with Crippen LogP contribution >= 0.6 is 15.9 Å². The van der Waals surface area contributed by atoms with Gasteiger partial charge in [0.2, 0.25) is 5.91 Å². The SMILES string of the molecule is O=C1Cc2cc(C(Br)CC3CCCCC3)ccc2N1. The van der Waals surface area contributed by atoms with E-state index in [1.165, 1.54) is 44.1 Å². The molecule has 1 unspecified atom stereocenters. The minimum atomic E-state index is 0.116. The first-order valence-corrected chi connectivity index (χ1v) is 8.20. The lowest BCUT2D eigenvalue weighted by atomic mass is 9.85. The number of nitrogens with one attached hydrogen (secondary N) is 1. The van der Waals surface area contributed by atoms with Gasteiger partial charge in [-0.25, -0.2) is 0 Å². The largest absolute Gasteiger partial charge is 0.326 e. The smallest absolute Gasteiger partial charge is 0.228 e. The summed E-state index contributed by atoms with van der Waals surface area (Å²) in [6.45, 7) is 0. The Kier molecular flexibility index (Phi) is 3.92. The lowest BCUT2D eigenvalue weighted by molar-refractivity contribution is -0.115. The molecular weight excluding hydrogens is 302 g/mol. The lowest BCUT2D eigenvalue weighted by Gasteiger charge is -2.24. The van der Waals surface area contributed by atoms with E-state index in [0.717, 1.165) is 17.2 Å². The number of hydrogen-bond donors (Lipinski definition) is 1.